The van der Waals surface area contributed by atoms with E-state index in [1.165, 1.54) is 0 Å². The zero-order chi connectivity index (χ0) is 8.15. The van der Waals surface area contributed by atoms with E-state index in [-0.39, 0.29) is 0 Å². The van der Waals surface area contributed by atoms with Crippen molar-refractivity contribution in [2.24, 2.45) is 11.0 Å². The zero-order valence-corrected chi connectivity index (χ0v) is 7.47. The van der Waals surface area contributed by atoms with Crippen LogP contribution in [0.15, 0.2) is 5.10 Å². The van der Waals surface area contributed by atoms with Crippen LogP contribution >= 0.6 is 0 Å². The quantitative estimate of drug-likeness (QED) is 0.473. The third-order valence-electron chi connectivity index (χ3n) is 1.26. The molecule has 0 rings (SSSR count). The van der Waals surface area contributed by atoms with E-state index in [0.717, 1.165) is 5.71 Å². The van der Waals surface area contributed by atoms with Gasteiger partial charge < -0.3 is 0 Å². The van der Waals surface area contributed by atoms with Crippen LogP contribution < -0.4 is 5.53 Å². The van der Waals surface area contributed by atoms with Crippen molar-refractivity contribution in [3.8, 4) is 0 Å². The second-order valence-corrected chi connectivity index (χ2v) is 2.90. The predicted octanol–water partition coefficient (Wildman–Crippen LogP) is 1.08. The SMILES string of the molecule is C/C(=N\NN(C)C)C(C)C. The van der Waals surface area contributed by atoms with E-state index in [9.17, 15) is 0 Å². The van der Waals surface area contributed by atoms with Crippen molar-refractivity contribution < 1.29 is 0 Å². The second-order valence-electron chi connectivity index (χ2n) is 2.90. The first kappa shape index (κ1) is 9.43. The van der Waals surface area contributed by atoms with Crippen LogP contribution in [-0.4, -0.2) is 24.8 Å². The molecule has 3 heteroatoms. The average molecular weight is 143 g/mol. The van der Waals surface area contributed by atoms with E-state index in [1.807, 2.05) is 26.0 Å². The molecule has 3 nitrogen and oxygen atoms in total. The van der Waals surface area contributed by atoms with Gasteiger partial charge in [-0.15, -0.1) is 0 Å². The van der Waals surface area contributed by atoms with Gasteiger partial charge in [0.25, 0.3) is 0 Å². The molecule has 10 heavy (non-hydrogen) atoms. The Balaban J connectivity index is 3.69. The molecule has 0 aromatic carbocycles. The molecule has 0 aromatic rings. The van der Waals surface area contributed by atoms with E-state index in [2.05, 4.69) is 24.5 Å². The maximum Gasteiger partial charge on any atom is 0.0388 e. The third kappa shape index (κ3) is 4.32. The molecule has 0 saturated heterocycles. The smallest absolute Gasteiger partial charge is 0.0388 e. The molecule has 0 fully saturated rings. The summed E-state index contributed by atoms with van der Waals surface area (Å²) in [4.78, 5) is 0. The van der Waals surface area contributed by atoms with Crippen LogP contribution in [0, 0.1) is 5.92 Å². The lowest BCUT2D eigenvalue weighted by Gasteiger charge is -2.10. The number of hydrogen-bond acceptors (Lipinski definition) is 3. The van der Waals surface area contributed by atoms with Gasteiger partial charge in [-0.1, -0.05) is 13.8 Å². The van der Waals surface area contributed by atoms with Gasteiger partial charge in [-0.3, -0.25) is 0 Å². The fraction of sp³-hybridized carbons (Fsp3) is 0.857. The van der Waals surface area contributed by atoms with Crippen molar-refractivity contribution in [3.63, 3.8) is 0 Å². The first-order chi connectivity index (χ1) is 4.54. The Morgan fingerprint density at radius 3 is 2.20 bits per heavy atom. The first-order valence-corrected chi connectivity index (χ1v) is 3.51. The minimum Gasteiger partial charge on any atom is -0.241 e. The maximum atomic E-state index is 4.12. The van der Waals surface area contributed by atoms with E-state index < -0.39 is 0 Å². The van der Waals surface area contributed by atoms with E-state index in [4.69, 9.17) is 0 Å². The molecule has 0 aliphatic rings. The first-order valence-electron chi connectivity index (χ1n) is 3.51. The van der Waals surface area contributed by atoms with Crippen molar-refractivity contribution >= 4 is 5.71 Å². The van der Waals surface area contributed by atoms with Crippen molar-refractivity contribution in [2.45, 2.75) is 20.8 Å². The minimum absolute atomic E-state index is 0.521. The highest BCUT2D eigenvalue weighted by molar-refractivity contribution is 5.83. The molecule has 0 bridgehead atoms. The van der Waals surface area contributed by atoms with Gasteiger partial charge in [-0.05, 0) is 12.8 Å². The maximum absolute atomic E-state index is 4.12. The lowest BCUT2D eigenvalue weighted by Crippen LogP contribution is -2.26. The van der Waals surface area contributed by atoms with E-state index in [1.54, 1.807) is 0 Å². The van der Waals surface area contributed by atoms with Crippen LogP contribution in [0.5, 0.6) is 0 Å². The summed E-state index contributed by atoms with van der Waals surface area (Å²) in [5.74, 6) is 0.521. The van der Waals surface area contributed by atoms with Gasteiger partial charge in [-0.2, -0.15) is 5.10 Å². The Labute approximate surface area is 63.1 Å². The summed E-state index contributed by atoms with van der Waals surface area (Å²) in [5.41, 5.74) is 3.97. The van der Waals surface area contributed by atoms with Crippen LogP contribution in [-0.2, 0) is 0 Å². The van der Waals surface area contributed by atoms with Crippen molar-refractivity contribution in [1.82, 2.24) is 10.5 Å². The second kappa shape index (κ2) is 4.28. The largest absolute Gasteiger partial charge is 0.241 e. The van der Waals surface area contributed by atoms with Crippen molar-refractivity contribution in [2.75, 3.05) is 14.1 Å². The summed E-state index contributed by atoms with van der Waals surface area (Å²) in [6.07, 6.45) is 0. The van der Waals surface area contributed by atoms with Gasteiger partial charge in [0.15, 0.2) is 0 Å². The number of nitrogens with one attached hydrogen (secondary N) is 1. The standard InChI is InChI=1S/C7H17N3/c1-6(2)7(3)8-9-10(4)5/h6,9H,1-5H3/b8-7+. The fourth-order valence-corrected chi connectivity index (χ4v) is 0.308. The van der Waals surface area contributed by atoms with Gasteiger partial charge in [0.2, 0.25) is 0 Å². The monoisotopic (exact) mass is 143 g/mol. The Morgan fingerprint density at radius 1 is 1.40 bits per heavy atom. The number of rotatable bonds is 3. The van der Waals surface area contributed by atoms with Crippen molar-refractivity contribution in [3.05, 3.63) is 0 Å². The van der Waals surface area contributed by atoms with Gasteiger partial charge >= 0.3 is 0 Å². The van der Waals surface area contributed by atoms with Gasteiger partial charge in [0, 0.05) is 19.8 Å². The summed E-state index contributed by atoms with van der Waals surface area (Å²) >= 11 is 0. The van der Waals surface area contributed by atoms with Gasteiger partial charge in [0.1, 0.15) is 0 Å². The summed E-state index contributed by atoms with van der Waals surface area (Å²) in [5, 5.41) is 5.93. The minimum atomic E-state index is 0.521. The number of hydrazone groups is 1. The fourth-order valence-electron chi connectivity index (χ4n) is 0.308. The number of hydrogen-bond donors (Lipinski definition) is 1. The van der Waals surface area contributed by atoms with Crippen LogP contribution in [0.3, 0.4) is 0 Å². The average Bonchev–Trinajstić information content (AvgIpc) is 1.82. The molecule has 0 unspecified atom stereocenters. The molecule has 0 atom stereocenters. The van der Waals surface area contributed by atoms with Gasteiger partial charge in [-0.25, -0.2) is 10.5 Å². The lowest BCUT2D eigenvalue weighted by molar-refractivity contribution is 0.297. The highest BCUT2D eigenvalue weighted by atomic mass is 15.6. The highest BCUT2D eigenvalue weighted by Crippen LogP contribution is 1.93. The van der Waals surface area contributed by atoms with Crippen LogP contribution in [0.2, 0.25) is 0 Å². The van der Waals surface area contributed by atoms with E-state index in [0.29, 0.717) is 5.92 Å². The number of hydrazine groups is 1. The normalized spacial score (nSPS) is 12.9. The molecule has 0 aliphatic carbocycles. The Kier molecular flexibility index (Phi) is 4.03. The molecular weight excluding hydrogens is 126 g/mol. The molecule has 0 spiro atoms. The zero-order valence-electron chi connectivity index (χ0n) is 7.47. The summed E-state index contributed by atoms with van der Waals surface area (Å²) in [6.45, 7) is 6.26. The van der Waals surface area contributed by atoms with Crippen LogP contribution in [0.4, 0.5) is 0 Å². The van der Waals surface area contributed by atoms with Gasteiger partial charge in [0.05, 0.1) is 0 Å². The Hall–Kier alpha value is -0.570. The Bertz CT molecular complexity index is 116. The number of nitrogens with zero attached hydrogens (tertiary/aromatic N) is 2. The molecular formula is C7H17N3. The molecule has 1 N–H and O–H groups in total. The van der Waals surface area contributed by atoms with E-state index >= 15 is 0 Å². The summed E-state index contributed by atoms with van der Waals surface area (Å²) in [7, 11) is 3.83. The lowest BCUT2D eigenvalue weighted by atomic mass is 10.1. The third-order valence-corrected chi connectivity index (χ3v) is 1.26. The topological polar surface area (TPSA) is 27.6 Å². The molecule has 0 amide bonds. The molecule has 0 saturated carbocycles. The molecule has 0 radical (unpaired) electrons. The predicted molar refractivity (Wildman–Crippen MR) is 44.8 cm³/mol. The summed E-state index contributed by atoms with van der Waals surface area (Å²) < 4.78 is 0. The molecule has 0 aromatic heterocycles. The van der Waals surface area contributed by atoms with Crippen LogP contribution in [0.1, 0.15) is 20.8 Å². The van der Waals surface area contributed by atoms with Crippen LogP contribution in [0.25, 0.3) is 0 Å². The highest BCUT2D eigenvalue weighted by Gasteiger charge is 1.96. The Morgan fingerprint density at radius 2 is 1.90 bits per heavy atom. The van der Waals surface area contributed by atoms with Crippen molar-refractivity contribution in [1.29, 1.82) is 0 Å². The summed E-state index contributed by atoms with van der Waals surface area (Å²) in [6, 6.07) is 0. The molecule has 60 valence electrons. The molecule has 0 aliphatic heterocycles. The molecule has 0 heterocycles.